The highest BCUT2D eigenvalue weighted by molar-refractivity contribution is 5.67. The molecule has 1 aromatic carbocycles. The van der Waals surface area contributed by atoms with E-state index in [0.29, 0.717) is 0 Å². The zero-order valence-electron chi connectivity index (χ0n) is 7.89. The highest BCUT2D eigenvalue weighted by Crippen LogP contribution is 2.36. The fourth-order valence-corrected chi connectivity index (χ4v) is 1.64. The Bertz CT molecular complexity index is 323. The Morgan fingerprint density at radius 3 is 2.77 bits per heavy atom. The molecule has 0 unspecified atom stereocenters. The van der Waals surface area contributed by atoms with E-state index in [1.807, 2.05) is 6.07 Å². The van der Waals surface area contributed by atoms with Crippen LogP contribution in [-0.2, 0) is 6.42 Å². The van der Waals surface area contributed by atoms with Gasteiger partial charge in [-0.05, 0) is 18.1 Å². The fraction of sp³-hybridized carbons (Fsp3) is 0.400. The summed E-state index contributed by atoms with van der Waals surface area (Å²) in [6, 6.07) is 3.95. The Hall–Kier alpha value is -1.38. The maximum absolute atomic E-state index is 5.26. The molecule has 0 aromatic heterocycles. The maximum atomic E-state index is 5.26. The summed E-state index contributed by atoms with van der Waals surface area (Å²) in [5, 5.41) is 3.29. The SMILES string of the molecule is COc1cc2c(c(OC)c1)NCC2. The molecule has 0 aliphatic carbocycles. The lowest BCUT2D eigenvalue weighted by molar-refractivity contribution is 0.395. The lowest BCUT2D eigenvalue weighted by atomic mass is 10.1. The first-order chi connectivity index (χ1) is 6.35. The van der Waals surface area contributed by atoms with E-state index >= 15 is 0 Å². The van der Waals surface area contributed by atoms with E-state index in [-0.39, 0.29) is 0 Å². The van der Waals surface area contributed by atoms with Crippen LogP contribution in [0.1, 0.15) is 5.56 Å². The van der Waals surface area contributed by atoms with Crippen LogP contribution in [0.4, 0.5) is 5.69 Å². The molecule has 0 fully saturated rings. The molecule has 0 saturated carbocycles. The van der Waals surface area contributed by atoms with E-state index in [0.717, 1.165) is 30.2 Å². The van der Waals surface area contributed by atoms with E-state index in [2.05, 4.69) is 11.4 Å². The second kappa shape index (κ2) is 3.17. The third kappa shape index (κ3) is 1.30. The van der Waals surface area contributed by atoms with Gasteiger partial charge in [0.25, 0.3) is 0 Å². The van der Waals surface area contributed by atoms with Crippen molar-refractivity contribution in [3.63, 3.8) is 0 Å². The summed E-state index contributed by atoms with van der Waals surface area (Å²) >= 11 is 0. The summed E-state index contributed by atoms with van der Waals surface area (Å²) in [4.78, 5) is 0. The summed E-state index contributed by atoms with van der Waals surface area (Å²) in [6.07, 6.45) is 1.04. The molecule has 0 amide bonds. The van der Waals surface area contributed by atoms with Crippen molar-refractivity contribution in [2.24, 2.45) is 0 Å². The molecule has 1 aliphatic rings. The van der Waals surface area contributed by atoms with Gasteiger partial charge in [0, 0.05) is 12.6 Å². The van der Waals surface area contributed by atoms with Crippen molar-refractivity contribution in [2.75, 3.05) is 26.1 Å². The van der Waals surface area contributed by atoms with Gasteiger partial charge in [0.15, 0.2) is 0 Å². The van der Waals surface area contributed by atoms with Crippen molar-refractivity contribution in [3.05, 3.63) is 17.7 Å². The molecule has 0 radical (unpaired) electrons. The molecule has 3 heteroatoms. The predicted molar refractivity (Wildman–Crippen MR) is 51.7 cm³/mol. The summed E-state index contributed by atoms with van der Waals surface area (Å²) < 4.78 is 10.4. The maximum Gasteiger partial charge on any atom is 0.145 e. The molecule has 0 atom stereocenters. The van der Waals surface area contributed by atoms with Gasteiger partial charge in [-0.2, -0.15) is 0 Å². The molecular weight excluding hydrogens is 166 g/mol. The van der Waals surface area contributed by atoms with Gasteiger partial charge >= 0.3 is 0 Å². The Kier molecular flexibility index (Phi) is 2.00. The van der Waals surface area contributed by atoms with E-state index in [9.17, 15) is 0 Å². The number of hydrogen-bond acceptors (Lipinski definition) is 3. The van der Waals surface area contributed by atoms with Crippen molar-refractivity contribution >= 4 is 5.69 Å². The summed E-state index contributed by atoms with van der Waals surface area (Å²) in [5.74, 6) is 1.73. The Morgan fingerprint density at radius 1 is 1.23 bits per heavy atom. The highest BCUT2D eigenvalue weighted by Gasteiger charge is 2.16. The number of nitrogens with one attached hydrogen (secondary N) is 1. The van der Waals surface area contributed by atoms with E-state index in [4.69, 9.17) is 9.47 Å². The van der Waals surface area contributed by atoms with Gasteiger partial charge in [0.1, 0.15) is 11.5 Å². The Morgan fingerprint density at radius 2 is 2.08 bits per heavy atom. The Labute approximate surface area is 77.7 Å². The van der Waals surface area contributed by atoms with Crippen molar-refractivity contribution < 1.29 is 9.47 Å². The van der Waals surface area contributed by atoms with E-state index in [1.54, 1.807) is 14.2 Å². The number of anilines is 1. The minimum absolute atomic E-state index is 0.860. The molecule has 0 saturated heterocycles. The average Bonchev–Trinajstić information content (AvgIpc) is 2.63. The van der Waals surface area contributed by atoms with Gasteiger partial charge < -0.3 is 14.8 Å². The van der Waals surface area contributed by atoms with Crippen LogP contribution in [-0.4, -0.2) is 20.8 Å². The second-order valence-corrected chi connectivity index (χ2v) is 3.04. The average molecular weight is 179 g/mol. The van der Waals surface area contributed by atoms with Gasteiger partial charge in [0.2, 0.25) is 0 Å². The molecular formula is C10H13NO2. The topological polar surface area (TPSA) is 30.5 Å². The molecule has 13 heavy (non-hydrogen) atoms. The van der Waals surface area contributed by atoms with Crippen LogP contribution in [0, 0.1) is 0 Å². The molecule has 1 aliphatic heterocycles. The van der Waals surface area contributed by atoms with E-state index in [1.165, 1.54) is 5.56 Å². The zero-order valence-corrected chi connectivity index (χ0v) is 7.89. The van der Waals surface area contributed by atoms with Crippen molar-refractivity contribution in [2.45, 2.75) is 6.42 Å². The van der Waals surface area contributed by atoms with Crippen molar-refractivity contribution in [1.29, 1.82) is 0 Å². The number of methoxy groups -OCH3 is 2. The molecule has 70 valence electrons. The van der Waals surface area contributed by atoms with Crippen LogP contribution < -0.4 is 14.8 Å². The smallest absolute Gasteiger partial charge is 0.145 e. The number of rotatable bonds is 2. The number of ether oxygens (including phenoxy) is 2. The first-order valence-electron chi connectivity index (χ1n) is 4.34. The summed E-state index contributed by atoms with van der Waals surface area (Å²) in [6.45, 7) is 0.985. The summed E-state index contributed by atoms with van der Waals surface area (Å²) in [7, 11) is 3.35. The van der Waals surface area contributed by atoms with E-state index < -0.39 is 0 Å². The highest BCUT2D eigenvalue weighted by atomic mass is 16.5. The normalized spacial score (nSPS) is 13.4. The predicted octanol–water partition coefficient (Wildman–Crippen LogP) is 1.67. The molecule has 1 heterocycles. The number of hydrogen-bond donors (Lipinski definition) is 1. The standard InChI is InChI=1S/C10H13NO2/c1-12-8-5-7-3-4-11-10(7)9(6-8)13-2/h5-6,11H,3-4H2,1-2H3. The molecule has 2 rings (SSSR count). The third-order valence-corrected chi connectivity index (χ3v) is 2.31. The van der Waals surface area contributed by atoms with Crippen LogP contribution in [0.25, 0.3) is 0 Å². The number of fused-ring (bicyclic) bond motifs is 1. The summed E-state index contributed by atoms with van der Waals surface area (Å²) in [5.41, 5.74) is 2.39. The minimum atomic E-state index is 0.860. The van der Waals surface area contributed by atoms with Gasteiger partial charge in [0.05, 0.1) is 19.9 Å². The molecule has 1 aromatic rings. The van der Waals surface area contributed by atoms with Gasteiger partial charge in [-0.25, -0.2) is 0 Å². The van der Waals surface area contributed by atoms with Crippen LogP contribution in [0.5, 0.6) is 11.5 Å². The lowest BCUT2D eigenvalue weighted by Crippen LogP contribution is -1.94. The minimum Gasteiger partial charge on any atom is -0.497 e. The van der Waals surface area contributed by atoms with Crippen LogP contribution in [0.2, 0.25) is 0 Å². The second-order valence-electron chi connectivity index (χ2n) is 3.04. The van der Waals surface area contributed by atoms with Crippen LogP contribution >= 0.6 is 0 Å². The first-order valence-corrected chi connectivity index (χ1v) is 4.34. The quantitative estimate of drug-likeness (QED) is 0.749. The zero-order chi connectivity index (χ0) is 9.26. The molecule has 0 bridgehead atoms. The fourth-order valence-electron chi connectivity index (χ4n) is 1.64. The molecule has 0 spiro atoms. The largest absolute Gasteiger partial charge is 0.497 e. The molecule has 1 N–H and O–H groups in total. The monoisotopic (exact) mass is 179 g/mol. The lowest BCUT2D eigenvalue weighted by Gasteiger charge is -2.09. The van der Waals surface area contributed by atoms with Gasteiger partial charge in [-0.15, -0.1) is 0 Å². The number of benzene rings is 1. The Balaban J connectivity index is 2.49. The van der Waals surface area contributed by atoms with Gasteiger partial charge in [-0.1, -0.05) is 0 Å². The van der Waals surface area contributed by atoms with Crippen molar-refractivity contribution in [1.82, 2.24) is 0 Å². The van der Waals surface area contributed by atoms with Gasteiger partial charge in [-0.3, -0.25) is 0 Å². The third-order valence-electron chi connectivity index (χ3n) is 2.31. The molecule has 3 nitrogen and oxygen atoms in total. The first kappa shape index (κ1) is 8.23. The van der Waals surface area contributed by atoms with Crippen LogP contribution in [0.15, 0.2) is 12.1 Å². The van der Waals surface area contributed by atoms with Crippen molar-refractivity contribution in [3.8, 4) is 11.5 Å². The van der Waals surface area contributed by atoms with Crippen LogP contribution in [0.3, 0.4) is 0 Å².